The van der Waals surface area contributed by atoms with Crippen LogP contribution in [0.1, 0.15) is 15.9 Å². The van der Waals surface area contributed by atoms with Gasteiger partial charge in [-0.1, -0.05) is 6.07 Å². The summed E-state index contributed by atoms with van der Waals surface area (Å²) in [6.07, 6.45) is 0. The molecular formula is C13H11NO2S. The Morgan fingerprint density at radius 3 is 3.12 bits per heavy atom. The van der Waals surface area contributed by atoms with Gasteiger partial charge < -0.3 is 10.1 Å². The summed E-state index contributed by atoms with van der Waals surface area (Å²) in [6.45, 7) is 1.38. The lowest BCUT2D eigenvalue weighted by molar-refractivity contribution is 0.103. The molecule has 4 heteroatoms. The molecule has 0 bridgehead atoms. The molecule has 0 unspecified atom stereocenters. The number of hydrogen-bond donors (Lipinski definition) is 1. The second kappa shape index (κ2) is 4.22. The standard InChI is InChI=1S/C13H11NO2S/c15-12(9-4-7-17-8-9)10-2-1-3-11-13(10)16-6-5-14-11/h1-4,7-8,14H,5-6H2. The van der Waals surface area contributed by atoms with E-state index in [1.165, 1.54) is 11.3 Å². The van der Waals surface area contributed by atoms with E-state index in [4.69, 9.17) is 4.74 Å². The van der Waals surface area contributed by atoms with Gasteiger partial charge in [0.05, 0.1) is 11.3 Å². The maximum absolute atomic E-state index is 12.3. The van der Waals surface area contributed by atoms with Crippen LogP contribution < -0.4 is 10.1 Å². The molecule has 1 aromatic heterocycles. The van der Waals surface area contributed by atoms with E-state index in [9.17, 15) is 4.79 Å². The van der Waals surface area contributed by atoms with Crippen LogP contribution in [0, 0.1) is 0 Å². The monoisotopic (exact) mass is 245 g/mol. The van der Waals surface area contributed by atoms with Gasteiger partial charge in [0.2, 0.25) is 0 Å². The Hall–Kier alpha value is -1.81. The van der Waals surface area contributed by atoms with Gasteiger partial charge in [0.15, 0.2) is 11.5 Å². The van der Waals surface area contributed by atoms with Crippen LogP contribution in [0.25, 0.3) is 0 Å². The molecule has 86 valence electrons. The third-order valence-corrected chi connectivity index (χ3v) is 3.39. The third-order valence-electron chi connectivity index (χ3n) is 2.71. The van der Waals surface area contributed by atoms with Crippen LogP contribution in [0.5, 0.6) is 5.75 Å². The van der Waals surface area contributed by atoms with E-state index in [0.29, 0.717) is 17.9 Å². The van der Waals surface area contributed by atoms with Gasteiger partial charge in [-0.3, -0.25) is 4.79 Å². The maximum atomic E-state index is 12.3. The van der Waals surface area contributed by atoms with Gasteiger partial charge in [-0.15, -0.1) is 0 Å². The minimum Gasteiger partial charge on any atom is -0.489 e. The van der Waals surface area contributed by atoms with E-state index in [1.807, 2.05) is 35.0 Å². The Labute approximate surface area is 103 Å². The molecule has 17 heavy (non-hydrogen) atoms. The van der Waals surface area contributed by atoms with E-state index < -0.39 is 0 Å². The molecule has 0 aliphatic carbocycles. The number of ether oxygens (including phenoxy) is 1. The van der Waals surface area contributed by atoms with Crippen molar-refractivity contribution in [3.63, 3.8) is 0 Å². The van der Waals surface area contributed by atoms with Crippen LogP contribution >= 0.6 is 11.3 Å². The van der Waals surface area contributed by atoms with E-state index >= 15 is 0 Å². The molecule has 0 spiro atoms. The molecule has 1 aromatic carbocycles. The van der Waals surface area contributed by atoms with Gasteiger partial charge >= 0.3 is 0 Å². The largest absolute Gasteiger partial charge is 0.489 e. The Bertz CT molecular complexity index is 549. The molecule has 0 saturated heterocycles. The highest BCUT2D eigenvalue weighted by Gasteiger charge is 2.20. The fourth-order valence-corrected chi connectivity index (χ4v) is 2.53. The number of hydrogen-bond acceptors (Lipinski definition) is 4. The fraction of sp³-hybridized carbons (Fsp3) is 0.154. The number of carbonyl (C=O) groups is 1. The summed E-state index contributed by atoms with van der Waals surface area (Å²) in [7, 11) is 0. The molecule has 2 aromatic rings. The summed E-state index contributed by atoms with van der Waals surface area (Å²) in [5, 5.41) is 6.99. The first-order chi connectivity index (χ1) is 8.36. The summed E-state index contributed by atoms with van der Waals surface area (Å²) in [5.74, 6) is 0.696. The average molecular weight is 245 g/mol. The molecule has 1 aliphatic heterocycles. The zero-order chi connectivity index (χ0) is 11.7. The van der Waals surface area contributed by atoms with Crippen molar-refractivity contribution < 1.29 is 9.53 Å². The van der Waals surface area contributed by atoms with Crippen molar-refractivity contribution in [3.8, 4) is 5.75 Å². The molecule has 3 rings (SSSR count). The smallest absolute Gasteiger partial charge is 0.197 e. The molecular weight excluding hydrogens is 234 g/mol. The zero-order valence-corrected chi connectivity index (χ0v) is 9.92. The molecule has 2 heterocycles. The van der Waals surface area contributed by atoms with E-state index in [2.05, 4.69) is 5.32 Å². The number of rotatable bonds is 2. The minimum absolute atomic E-state index is 0.0202. The van der Waals surface area contributed by atoms with Crippen LogP contribution in [0.2, 0.25) is 0 Å². The number of para-hydroxylation sites is 1. The lowest BCUT2D eigenvalue weighted by Gasteiger charge is -2.21. The van der Waals surface area contributed by atoms with Crippen LogP contribution in [-0.4, -0.2) is 18.9 Å². The van der Waals surface area contributed by atoms with Gasteiger partial charge in [-0.2, -0.15) is 11.3 Å². The molecule has 0 fully saturated rings. The van der Waals surface area contributed by atoms with Crippen LogP contribution in [0.3, 0.4) is 0 Å². The number of carbonyl (C=O) groups excluding carboxylic acids is 1. The molecule has 0 amide bonds. The first kappa shape index (κ1) is 10.4. The number of thiophene rings is 1. The Balaban J connectivity index is 2.06. The topological polar surface area (TPSA) is 38.3 Å². The Morgan fingerprint density at radius 2 is 2.29 bits per heavy atom. The van der Waals surface area contributed by atoms with Crippen molar-refractivity contribution >= 4 is 22.8 Å². The van der Waals surface area contributed by atoms with E-state index in [1.54, 1.807) is 0 Å². The number of anilines is 1. The fourth-order valence-electron chi connectivity index (χ4n) is 1.90. The SMILES string of the molecule is O=C(c1ccsc1)c1cccc2c1OCCN2. The molecule has 1 aliphatic rings. The zero-order valence-electron chi connectivity index (χ0n) is 9.10. The van der Waals surface area contributed by atoms with Crippen LogP contribution in [0.15, 0.2) is 35.0 Å². The Kier molecular flexibility index (Phi) is 2.57. The van der Waals surface area contributed by atoms with Gasteiger partial charge in [-0.05, 0) is 23.6 Å². The summed E-state index contributed by atoms with van der Waals surface area (Å²) in [5.41, 5.74) is 2.25. The molecule has 1 N–H and O–H groups in total. The molecule has 3 nitrogen and oxygen atoms in total. The predicted molar refractivity (Wildman–Crippen MR) is 68.2 cm³/mol. The average Bonchev–Trinajstić information content (AvgIpc) is 2.91. The van der Waals surface area contributed by atoms with Crippen molar-refractivity contribution in [2.75, 3.05) is 18.5 Å². The molecule has 0 radical (unpaired) electrons. The van der Waals surface area contributed by atoms with Crippen molar-refractivity contribution in [3.05, 3.63) is 46.2 Å². The quantitative estimate of drug-likeness (QED) is 0.827. The minimum atomic E-state index is 0.0202. The van der Waals surface area contributed by atoms with Gasteiger partial charge in [0.1, 0.15) is 6.61 Å². The normalized spacial score (nSPS) is 13.4. The number of ketones is 1. The predicted octanol–water partition coefficient (Wildman–Crippen LogP) is 2.78. The lowest BCUT2D eigenvalue weighted by atomic mass is 10.0. The molecule has 0 saturated carbocycles. The number of fused-ring (bicyclic) bond motifs is 1. The lowest BCUT2D eigenvalue weighted by Crippen LogP contribution is -2.20. The maximum Gasteiger partial charge on any atom is 0.197 e. The van der Waals surface area contributed by atoms with Crippen molar-refractivity contribution in [2.45, 2.75) is 0 Å². The van der Waals surface area contributed by atoms with E-state index in [0.717, 1.165) is 17.8 Å². The highest BCUT2D eigenvalue weighted by molar-refractivity contribution is 7.08. The van der Waals surface area contributed by atoms with Crippen molar-refractivity contribution in [2.24, 2.45) is 0 Å². The third kappa shape index (κ3) is 1.80. The summed E-state index contributed by atoms with van der Waals surface area (Å²) in [6, 6.07) is 7.45. The highest BCUT2D eigenvalue weighted by atomic mass is 32.1. The van der Waals surface area contributed by atoms with E-state index in [-0.39, 0.29) is 5.78 Å². The Morgan fingerprint density at radius 1 is 1.35 bits per heavy atom. The summed E-state index contributed by atoms with van der Waals surface area (Å²) >= 11 is 1.52. The summed E-state index contributed by atoms with van der Waals surface area (Å²) < 4.78 is 5.59. The first-order valence-corrected chi connectivity index (χ1v) is 6.37. The molecule has 0 atom stereocenters. The number of nitrogens with one attached hydrogen (secondary N) is 1. The first-order valence-electron chi connectivity index (χ1n) is 5.43. The van der Waals surface area contributed by atoms with Gasteiger partial charge in [-0.25, -0.2) is 0 Å². The van der Waals surface area contributed by atoms with Gasteiger partial charge in [0.25, 0.3) is 0 Å². The number of benzene rings is 1. The van der Waals surface area contributed by atoms with Crippen molar-refractivity contribution in [1.82, 2.24) is 0 Å². The summed E-state index contributed by atoms with van der Waals surface area (Å²) in [4.78, 5) is 12.3. The van der Waals surface area contributed by atoms with Crippen molar-refractivity contribution in [1.29, 1.82) is 0 Å². The second-order valence-corrected chi connectivity index (χ2v) is 4.58. The van der Waals surface area contributed by atoms with Crippen LogP contribution in [-0.2, 0) is 0 Å². The second-order valence-electron chi connectivity index (χ2n) is 3.80. The van der Waals surface area contributed by atoms with Crippen LogP contribution in [0.4, 0.5) is 5.69 Å². The van der Waals surface area contributed by atoms with Gasteiger partial charge in [0, 0.05) is 17.5 Å². The highest BCUT2D eigenvalue weighted by Crippen LogP contribution is 2.32.